The highest BCUT2D eigenvalue weighted by Gasteiger charge is 2.58. The number of aliphatic imine (C=N–C) groups is 1. The molecule has 2 atom stereocenters. The second-order valence-corrected chi connectivity index (χ2v) is 5.73. The highest BCUT2D eigenvalue weighted by Crippen LogP contribution is 2.53. The van der Waals surface area contributed by atoms with E-state index >= 15 is 0 Å². The molecule has 1 aromatic heterocycles. The summed E-state index contributed by atoms with van der Waals surface area (Å²) >= 11 is 0. The van der Waals surface area contributed by atoms with Gasteiger partial charge < -0.3 is 15.8 Å². The normalized spacial score (nSPS) is 29.7. The highest BCUT2D eigenvalue weighted by molar-refractivity contribution is 5.91. The number of guanidine groups is 1. The van der Waals surface area contributed by atoms with Gasteiger partial charge in [-0.1, -0.05) is 19.9 Å². The van der Waals surface area contributed by atoms with Gasteiger partial charge in [0.1, 0.15) is 5.82 Å². The Morgan fingerprint density at radius 1 is 1.47 bits per heavy atom. The highest BCUT2D eigenvalue weighted by atomic mass is 16.5. The predicted molar refractivity (Wildman–Crippen MR) is 77.1 cm³/mol. The Morgan fingerprint density at radius 2 is 2.21 bits per heavy atom. The van der Waals surface area contributed by atoms with Crippen LogP contribution in [0.2, 0.25) is 0 Å². The van der Waals surface area contributed by atoms with Gasteiger partial charge in [-0.25, -0.2) is 9.98 Å². The van der Waals surface area contributed by atoms with E-state index in [2.05, 4.69) is 36.1 Å². The molecule has 5 nitrogen and oxygen atoms in total. The number of nitrogens with zero attached hydrogens (tertiary/aromatic N) is 2. The van der Waals surface area contributed by atoms with E-state index < -0.39 is 0 Å². The number of methoxy groups -OCH3 is 1. The maximum absolute atomic E-state index is 5.93. The van der Waals surface area contributed by atoms with E-state index in [1.165, 1.54) is 0 Å². The molecule has 1 aliphatic carbocycles. The number of nitrogens with two attached hydrogens (primary N) is 1. The van der Waals surface area contributed by atoms with E-state index in [9.17, 15) is 0 Å². The lowest BCUT2D eigenvalue weighted by molar-refractivity contribution is -0.171. The SMILES string of the molecule is COC1(C)CC(N=C(N)Nc2ccccn2)C1(C)C. The summed E-state index contributed by atoms with van der Waals surface area (Å²) in [4.78, 5) is 8.69. The third kappa shape index (κ3) is 2.42. The molecule has 3 N–H and O–H groups in total. The molecule has 0 aromatic carbocycles. The molecule has 1 heterocycles. The van der Waals surface area contributed by atoms with Crippen molar-refractivity contribution in [1.29, 1.82) is 0 Å². The summed E-state index contributed by atoms with van der Waals surface area (Å²) < 4.78 is 5.58. The minimum atomic E-state index is -0.132. The van der Waals surface area contributed by atoms with Crippen molar-refractivity contribution in [1.82, 2.24) is 4.98 Å². The summed E-state index contributed by atoms with van der Waals surface area (Å²) in [5.41, 5.74) is 5.76. The number of anilines is 1. The van der Waals surface area contributed by atoms with Crippen molar-refractivity contribution < 1.29 is 4.74 Å². The van der Waals surface area contributed by atoms with Gasteiger partial charge in [-0.3, -0.25) is 0 Å². The van der Waals surface area contributed by atoms with Crippen molar-refractivity contribution in [3.05, 3.63) is 24.4 Å². The zero-order valence-electron chi connectivity index (χ0n) is 12.0. The van der Waals surface area contributed by atoms with Crippen LogP contribution < -0.4 is 11.1 Å². The van der Waals surface area contributed by atoms with Crippen LogP contribution in [-0.2, 0) is 4.74 Å². The Morgan fingerprint density at radius 3 is 2.74 bits per heavy atom. The molecule has 19 heavy (non-hydrogen) atoms. The molecule has 0 spiro atoms. The molecule has 0 aliphatic heterocycles. The van der Waals surface area contributed by atoms with Crippen molar-refractivity contribution in [2.45, 2.75) is 38.8 Å². The molecule has 0 radical (unpaired) electrons. The zero-order chi connectivity index (χ0) is 14.1. The Labute approximate surface area is 114 Å². The van der Waals surface area contributed by atoms with Crippen LogP contribution in [0.25, 0.3) is 0 Å². The summed E-state index contributed by atoms with van der Waals surface area (Å²) in [6, 6.07) is 5.77. The maximum Gasteiger partial charge on any atom is 0.194 e. The summed E-state index contributed by atoms with van der Waals surface area (Å²) in [7, 11) is 1.75. The lowest BCUT2D eigenvalue weighted by atomic mass is 9.56. The van der Waals surface area contributed by atoms with E-state index in [-0.39, 0.29) is 17.1 Å². The predicted octanol–water partition coefficient (Wildman–Crippen LogP) is 2.01. The lowest BCUT2D eigenvalue weighted by Gasteiger charge is -2.57. The number of nitrogens with one attached hydrogen (secondary N) is 1. The molecular weight excluding hydrogens is 240 g/mol. The average Bonchev–Trinajstić information content (AvgIpc) is 2.39. The quantitative estimate of drug-likeness (QED) is 0.645. The smallest absolute Gasteiger partial charge is 0.194 e. The Bertz CT molecular complexity index is 472. The first-order valence-electron chi connectivity index (χ1n) is 6.45. The van der Waals surface area contributed by atoms with Crippen LogP contribution in [0, 0.1) is 5.41 Å². The van der Waals surface area contributed by atoms with Crippen molar-refractivity contribution in [2.75, 3.05) is 12.4 Å². The van der Waals surface area contributed by atoms with Gasteiger partial charge in [-0.15, -0.1) is 0 Å². The first kappa shape index (κ1) is 13.8. The van der Waals surface area contributed by atoms with Gasteiger partial charge in [-0.05, 0) is 25.5 Å². The Hall–Kier alpha value is -1.62. The Kier molecular flexibility index (Phi) is 3.49. The van der Waals surface area contributed by atoms with Gasteiger partial charge in [0.05, 0.1) is 11.6 Å². The van der Waals surface area contributed by atoms with Gasteiger partial charge >= 0.3 is 0 Å². The molecule has 1 aromatic rings. The summed E-state index contributed by atoms with van der Waals surface area (Å²) in [6.45, 7) is 6.42. The topological polar surface area (TPSA) is 72.5 Å². The number of aromatic nitrogens is 1. The summed E-state index contributed by atoms with van der Waals surface area (Å²) in [6.07, 6.45) is 2.59. The number of rotatable bonds is 3. The van der Waals surface area contributed by atoms with Crippen molar-refractivity contribution in [2.24, 2.45) is 16.1 Å². The lowest BCUT2D eigenvalue weighted by Crippen LogP contribution is -2.62. The van der Waals surface area contributed by atoms with Crippen LogP contribution in [0.15, 0.2) is 29.4 Å². The van der Waals surface area contributed by atoms with Crippen LogP contribution in [0.3, 0.4) is 0 Å². The fraction of sp³-hybridized carbons (Fsp3) is 0.571. The molecule has 2 rings (SSSR count). The second kappa shape index (κ2) is 4.81. The van der Waals surface area contributed by atoms with Gasteiger partial charge in [0.2, 0.25) is 0 Å². The molecule has 0 bridgehead atoms. The van der Waals surface area contributed by atoms with Gasteiger partial charge in [0.25, 0.3) is 0 Å². The monoisotopic (exact) mass is 262 g/mol. The van der Waals surface area contributed by atoms with E-state index in [0.29, 0.717) is 11.8 Å². The maximum atomic E-state index is 5.93. The third-order valence-electron chi connectivity index (χ3n) is 4.45. The Balaban J connectivity index is 2.03. The minimum absolute atomic E-state index is 0.0296. The average molecular weight is 262 g/mol. The largest absolute Gasteiger partial charge is 0.378 e. The third-order valence-corrected chi connectivity index (χ3v) is 4.45. The number of ether oxygens (including phenoxy) is 1. The van der Waals surface area contributed by atoms with Crippen molar-refractivity contribution in [3.63, 3.8) is 0 Å². The molecule has 5 heteroatoms. The molecule has 1 fully saturated rings. The molecule has 104 valence electrons. The molecule has 2 unspecified atom stereocenters. The molecule has 1 aliphatic rings. The van der Waals surface area contributed by atoms with Crippen molar-refractivity contribution >= 4 is 11.8 Å². The fourth-order valence-corrected chi connectivity index (χ4v) is 2.43. The summed E-state index contributed by atoms with van der Waals surface area (Å²) in [5, 5.41) is 3.00. The first-order chi connectivity index (χ1) is 8.89. The standard InChI is InChI=1S/C14H22N4O/c1-13(2)10(9-14(13,3)19-4)17-12(15)18-11-7-5-6-8-16-11/h5-8,10H,9H2,1-4H3,(H3,15,16,17,18). The van der Waals surface area contributed by atoms with E-state index in [1.807, 2.05) is 18.2 Å². The van der Waals surface area contributed by atoms with Gasteiger partial charge in [0.15, 0.2) is 5.96 Å². The minimum Gasteiger partial charge on any atom is -0.378 e. The van der Waals surface area contributed by atoms with E-state index in [4.69, 9.17) is 10.5 Å². The summed E-state index contributed by atoms with van der Waals surface area (Å²) in [5.74, 6) is 1.10. The zero-order valence-corrected chi connectivity index (χ0v) is 12.0. The number of hydrogen-bond acceptors (Lipinski definition) is 3. The first-order valence-corrected chi connectivity index (χ1v) is 6.45. The van der Waals surface area contributed by atoms with Crippen LogP contribution in [0.1, 0.15) is 27.2 Å². The molecule has 1 saturated carbocycles. The number of pyridine rings is 1. The van der Waals surface area contributed by atoms with Gasteiger partial charge in [-0.2, -0.15) is 0 Å². The van der Waals surface area contributed by atoms with Crippen LogP contribution >= 0.6 is 0 Å². The van der Waals surface area contributed by atoms with Gasteiger partial charge in [0, 0.05) is 18.7 Å². The van der Waals surface area contributed by atoms with E-state index in [1.54, 1.807) is 13.3 Å². The van der Waals surface area contributed by atoms with Crippen molar-refractivity contribution in [3.8, 4) is 0 Å². The molecule has 0 saturated heterocycles. The number of hydrogen-bond donors (Lipinski definition) is 2. The van der Waals surface area contributed by atoms with E-state index in [0.717, 1.165) is 6.42 Å². The second-order valence-electron chi connectivity index (χ2n) is 5.73. The molecule has 0 amide bonds. The molecular formula is C14H22N4O. The van der Waals surface area contributed by atoms with Crippen LogP contribution in [0.4, 0.5) is 5.82 Å². The van der Waals surface area contributed by atoms with Crippen LogP contribution in [-0.4, -0.2) is 29.7 Å². The fourth-order valence-electron chi connectivity index (χ4n) is 2.43. The van der Waals surface area contributed by atoms with Crippen LogP contribution in [0.5, 0.6) is 0 Å².